The molecule has 8 heteroatoms. The van der Waals surface area contributed by atoms with Crippen LogP contribution < -0.4 is 5.73 Å². The zero-order valence-electron chi connectivity index (χ0n) is 11.6. The highest BCUT2D eigenvalue weighted by Gasteiger charge is 2.20. The van der Waals surface area contributed by atoms with E-state index in [1.165, 1.54) is 30.5 Å². The number of nitrogen functional groups attached to an aromatic ring is 1. The summed E-state index contributed by atoms with van der Waals surface area (Å²) >= 11 is 11.6. The Morgan fingerprint density at radius 1 is 0.913 bits per heavy atom. The predicted octanol–water partition coefficient (Wildman–Crippen LogP) is 3.68. The number of nitrogens with two attached hydrogens (primary N) is 1. The molecule has 23 heavy (non-hydrogen) atoms. The third-order valence-corrected chi connectivity index (χ3v) is 5.29. The smallest absolute Gasteiger partial charge is 0.283 e. The summed E-state index contributed by atoms with van der Waals surface area (Å²) < 4.78 is 26.0. The summed E-state index contributed by atoms with van der Waals surface area (Å²) in [6.07, 6.45) is 1.38. The molecular formula is C15H11Cl2N3O2S. The maximum atomic E-state index is 12.6. The van der Waals surface area contributed by atoms with Crippen molar-refractivity contribution in [3.8, 4) is 11.1 Å². The molecule has 0 saturated carbocycles. The molecule has 0 atom stereocenters. The van der Waals surface area contributed by atoms with Gasteiger partial charge in [-0.15, -0.1) is 5.10 Å². The first-order chi connectivity index (χ1) is 10.9. The van der Waals surface area contributed by atoms with Crippen molar-refractivity contribution in [1.82, 2.24) is 9.19 Å². The highest BCUT2D eigenvalue weighted by Crippen LogP contribution is 2.28. The number of nitrogens with zero attached hydrogens (tertiary/aromatic N) is 2. The number of hydrogen-bond donors (Lipinski definition) is 1. The van der Waals surface area contributed by atoms with E-state index < -0.39 is 10.0 Å². The Morgan fingerprint density at radius 3 is 2.00 bits per heavy atom. The Hall–Kier alpha value is -2.02. The largest absolute Gasteiger partial charge is 0.382 e. The Balaban J connectivity index is 2.06. The summed E-state index contributed by atoms with van der Waals surface area (Å²) in [7, 11) is -3.83. The number of aromatic nitrogens is 2. The average Bonchev–Trinajstić information content (AvgIpc) is 2.91. The van der Waals surface area contributed by atoms with E-state index in [1.807, 2.05) is 0 Å². The molecule has 0 aliphatic carbocycles. The Labute approximate surface area is 143 Å². The molecule has 0 spiro atoms. The predicted molar refractivity (Wildman–Crippen MR) is 91.1 cm³/mol. The lowest BCUT2D eigenvalue weighted by molar-refractivity contribution is 0.580. The van der Waals surface area contributed by atoms with Crippen molar-refractivity contribution in [2.24, 2.45) is 0 Å². The van der Waals surface area contributed by atoms with Crippen LogP contribution in [0.2, 0.25) is 10.0 Å². The molecular weight excluding hydrogens is 357 g/mol. The van der Waals surface area contributed by atoms with Gasteiger partial charge in [-0.25, -0.2) is 0 Å². The summed E-state index contributed by atoms with van der Waals surface area (Å²) in [5.41, 5.74) is 7.10. The molecule has 3 rings (SSSR count). The van der Waals surface area contributed by atoms with Gasteiger partial charge in [-0.3, -0.25) is 0 Å². The minimum absolute atomic E-state index is 0.0760. The van der Waals surface area contributed by atoms with Crippen molar-refractivity contribution in [2.45, 2.75) is 4.90 Å². The molecule has 0 bridgehead atoms. The van der Waals surface area contributed by atoms with Crippen LogP contribution in [0, 0.1) is 0 Å². The standard InChI is InChI=1S/C15H11Cl2N3O2S/c16-11-3-1-10(2-4-11)14-9-20(19-15(14)18)23(21,22)13-7-5-12(17)6-8-13/h1-9H,(H2,18,19). The van der Waals surface area contributed by atoms with Gasteiger partial charge in [0.25, 0.3) is 10.0 Å². The van der Waals surface area contributed by atoms with Crippen molar-refractivity contribution in [3.05, 3.63) is 64.8 Å². The number of halogens is 2. The van der Waals surface area contributed by atoms with E-state index in [4.69, 9.17) is 28.9 Å². The summed E-state index contributed by atoms with van der Waals surface area (Å²) in [6, 6.07) is 12.7. The fourth-order valence-corrected chi connectivity index (χ4v) is 3.44. The van der Waals surface area contributed by atoms with Gasteiger partial charge in [-0.05, 0) is 42.0 Å². The maximum Gasteiger partial charge on any atom is 0.283 e. The van der Waals surface area contributed by atoms with Gasteiger partial charge in [-0.1, -0.05) is 35.3 Å². The molecule has 5 nitrogen and oxygen atoms in total. The molecule has 1 aromatic heterocycles. The molecule has 0 amide bonds. The SMILES string of the molecule is Nc1nn(S(=O)(=O)c2ccc(Cl)cc2)cc1-c1ccc(Cl)cc1. The molecule has 2 N–H and O–H groups in total. The third kappa shape index (κ3) is 3.06. The van der Waals surface area contributed by atoms with Crippen LogP contribution in [0.3, 0.4) is 0 Å². The van der Waals surface area contributed by atoms with E-state index >= 15 is 0 Å². The van der Waals surface area contributed by atoms with E-state index in [0.29, 0.717) is 15.6 Å². The topological polar surface area (TPSA) is 78.0 Å². The lowest BCUT2D eigenvalue weighted by Crippen LogP contribution is -2.13. The molecule has 3 aromatic rings. The number of hydrogen-bond acceptors (Lipinski definition) is 4. The monoisotopic (exact) mass is 367 g/mol. The Morgan fingerprint density at radius 2 is 1.43 bits per heavy atom. The van der Waals surface area contributed by atoms with Crippen molar-refractivity contribution in [2.75, 3.05) is 5.73 Å². The van der Waals surface area contributed by atoms with Crippen molar-refractivity contribution >= 4 is 39.0 Å². The summed E-state index contributed by atoms with van der Waals surface area (Å²) in [6.45, 7) is 0. The van der Waals surface area contributed by atoms with Crippen molar-refractivity contribution in [3.63, 3.8) is 0 Å². The number of benzene rings is 2. The second-order valence-electron chi connectivity index (χ2n) is 4.77. The van der Waals surface area contributed by atoms with Crippen LogP contribution in [-0.4, -0.2) is 17.6 Å². The summed E-state index contributed by atoms with van der Waals surface area (Å²) in [5.74, 6) is 0.116. The maximum absolute atomic E-state index is 12.6. The molecule has 0 fully saturated rings. The highest BCUT2D eigenvalue weighted by molar-refractivity contribution is 7.89. The fourth-order valence-electron chi connectivity index (χ4n) is 2.06. The van der Waals surface area contributed by atoms with Gasteiger partial charge >= 0.3 is 0 Å². The van der Waals surface area contributed by atoms with Gasteiger partial charge in [0, 0.05) is 15.6 Å². The van der Waals surface area contributed by atoms with Gasteiger partial charge in [0.1, 0.15) is 0 Å². The van der Waals surface area contributed by atoms with E-state index in [0.717, 1.165) is 9.65 Å². The third-order valence-electron chi connectivity index (χ3n) is 3.23. The molecule has 0 radical (unpaired) electrons. The van der Waals surface area contributed by atoms with E-state index in [9.17, 15) is 8.42 Å². The van der Waals surface area contributed by atoms with Crippen LogP contribution >= 0.6 is 23.2 Å². The van der Waals surface area contributed by atoms with E-state index in [-0.39, 0.29) is 10.7 Å². The van der Waals surface area contributed by atoms with Crippen LogP contribution in [0.1, 0.15) is 0 Å². The lowest BCUT2D eigenvalue weighted by Gasteiger charge is -2.03. The van der Waals surface area contributed by atoms with Gasteiger partial charge in [0.15, 0.2) is 5.82 Å². The lowest BCUT2D eigenvalue weighted by atomic mass is 10.1. The molecule has 1 heterocycles. The molecule has 0 unspecified atom stereocenters. The van der Waals surface area contributed by atoms with Gasteiger partial charge < -0.3 is 5.73 Å². The molecule has 0 aliphatic heterocycles. The first-order valence-electron chi connectivity index (χ1n) is 6.50. The van der Waals surface area contributed by atoms with E-state index in [1.54, 1.807) is 24.3 Å². The summed E-state index contributed by atoms with van der Waals surface area (Å²) in [5, 5.41) is 4.95. The average molecular weight is 368 g/mol. The van der Waals surface area contributed by atoms with Crippen LogP contribution in [-0.2, 0) is 10.0 Å². The molecule has 0 aliphatic rings. The van der Waals surface area contributed by atoms with Crippen molar-refractivity contribution < 1.29 is 8.42 Å². The second kappa shape index (κ2) is 5.88. The van der Waals surface area contributed by atoms with Crippen LogP contribution in [0.5, 0.6) is 0 Å². The minimum atomic E-state index is -3.83. The van der Waals surface area contributed by atoms with Crippen LogP contribution in [0.25, 0.3) is 11.1 Å². The zero-order chi connectivity index (χ0) is 16.6. The Kier molecular flexibility index (Phi) is 4.06. The van der Waals surface area contributed by atoms with Gasteiger partial charge in [0.2, 0.25) is 0 Å². The second-order valence-corrected chi connectivity index (χ2v) is 7.43. The van der Waals surface area contributed by atoms with Crippen molar-refractivity contribution in [1.29, 1.82) is 0 Å². The van der Waals surface area contributed by atoms with Crippen LogP contribution in [0.15, 0.2) is 59.6 Å². The number of rotatable bonds is 3. The highest BCUT2D eigenvalue weighted by atomic mass is 35.5. The first kappa shape index (κ1) is 15.9. The van der Waals surface area contributed by atoms with Crippen LogP contribution in [0.4, 0.5) is 5.82 Å². The molecule has 2 aromatic carbocycles. The Bertz CT molecular complexity index is 949. The molecule has 0 saturated heterocycles. The molecule has 118 valence electrons. The van der Waals surface area contributed by atoms with Gasteiger partial charge in [-0.2, -0.15) is 12.5 Å². The fraction of sp³-hybridized carbons (Fsp3) is 0. The summed E-state index contributed by atoms with van der Waals surface area (Å²) in [4.78, 5) is 0.0760. The normalized spacial score (nSPS) is 11.6. The van der Waals surface area contributed by atoms with Gasteiger partial charge in [0.05, 0.1) is 11.1 Å². The quantitative estimate of drug-likeness (QED) is 0.765. The number of anilines is 1. The van der Waals surface area contributed by atoms with E-state index in [2.05, 4.69) is 5.10 Å². The minimum Gasteiger partial charge on any atom is -0.382 e. The first-order valence-corrected chi connectivity index (χ1v) is 8.70. The zero-order valence-corrected chi connectivity index (χ0v) is 14.0.